The van der Waals surface area contributed by atoms with Gasteiger partial charge in [0.05, 0.1) is 36.1 Å². The van der Waals surface area contributed by atoms with Gasteiger partial charge in [-0.3, -0.25) is 4.79 Å². The lowest BCUT2D eigenvalue weighted by molar-refractivity contribution is -0.127. The first kappa shape index (κ1) is 14.2. The number of aryl methyl sites for hydroxylation is 1. The second-order valence-corrected chi connectivity index (χ2v) is 5.90. The van der Waals surface area contributed by atoms with E-state index in [1.807, 2.05) is 31.2 Å². The quantitative estimate of drug-likeness (QED) is 0.926. The van der Waals surface area contributed by atoms with Crippen LogP contribution < -0.4 is 5.73 Å². The Kier molecular flexibility index (Phi) is 3.55. The molecular formula is C16H21N3O2. The normalized spacial score (nSPS) is 25.6. The molecule has 1 aliphatic heterocycles. The fraction of sp³-hybridized carbons (Fsp3) is 0.500. The van der Waals surface area contributed by atoms with Gasteiger partial charge in [0.15, 0.2) is 0 Å². The Hall–Kier alpha value is -1.72. The second kappa shape index (κ2) is 5.24. The molecule has 1 fully saturated rings. The van der Waals surface area contributed by atoms with Crippen molar-refractivity contribution in [3.05, 3.63) is 30.1 Å². The van der Waals surface area contributed by atoms with Gasteiger partial charge in [0.1, 0.15) is 11.6 Å². The number of fused-ring (bicyclic) bond motifs is 1. The first-order valence-electron chi connectivity index (χ1n) is 7.37. The van der Waals surface area contributed by atoms with Crippen molar-refractivity contribution < 1.29 is 9.53 Å². The molecular weight excluding hydrogens is 266 g/mol. The monoisotopic (exact) mass is 287 g/mol. The van der Waals surface area contributed by atoms with Gasteiger partial charge in [-0.05, 0) is 26.0 Å². The van der Waals surface area contributed by atoms with Crippen molar-refractivity contribution in [2.45, 2.75) is 32.9 Å². The van der Waals surface area contributed by atoms with E-state index >= 15 is 0 Å². The molecule has 1 aromatic carbocycles. The first-order chi connectivity index (χ1) is 10.1. The number of carbonyl (C=O) groups excluding carboxylic acids is 1. The van der Waals surface area contributed by atoms with Crippen molar-refractivity contribution in [3.8, 4) is 0 Å². The maximum absolute atomic E-state index is 12.7. The summed E-state index contributed by atoms with van der Waals surface area (Å²) in [5, 5.41) is 0. The summed E-state index contributed by atoms with van der Waals surface area (Å²) in [6.45, 7) is 5.61. The SMILES string of the molecule is CCn1c(CC(=O)C2(C)COCC2N)nc2ccccc21. The number of ketones is 1. The molecule has 21 heavy (non-hydrogen) atoms. The summed E-state index contributed by atoms with van der Waals surface area (Å²) in [6, 6.07) is 7.73. The predicted octanol–water partition coefficient (Wildman–Crippen LogP) is 1.53. The molecule has 0 amide bonds. The van der Waals surface area contributed by atoms with Crippen LogP contribution in [0.5, 0.6) is 0 Å². The Bertz CT molecular complexity index is 679. The second-order valence-electron chi connectivity index (χ2n) is 5.90. The first-order valence-corrected chi connectivity index (χ1v) is 7.37. The number of hydrogen-bond acceptors (Lipinski definition) is 4. The van der Waals surface area contributed by atoms with Gasteiger partial charge in [0.25, 0.3) is 0 Å². The van der Waals surface area contributed by atoms with E-state index in [1.54, 1.807) is 0 Å². The van der Waals surface area contributed by atoms with Crippen molar-refractivity contribution >= 4 is 16.8 Å². The van der Waals surface area contributed by atoms with Crippen LogP contribution in [0, 0.1) is 5.41 Å². The number of para-hydroxylation sites is 2. The zero-order chi connectivity index (χ0) is 15.0. The highest BCUT2D eigenvalue weighted by Gasteiger charge is 2.44. The fourth-order valence-electron chi connectivity index (χ4n) is 2.93. The summed E-state index contributed by atoms with van der Waals surface area (Å²) < 4.78 is 7.47. The van der Waals surface area contributed by atoms with Gasteiger partial charge < -0.3 is 15.0 Å². The van der Waals surface area contributed by atoms with E-state index in [0.717, 1.165) is 23.4 Å². The summed E-state index contributed by atoms with van der Waals surface area (Å²) >= 11 is 0. The highest BCUT2D eigenvalue weighted by Crippen LogP contribution is 2.30. The van der Waals surface area contributed by atoms with Crippen LogP contribution in [0.2, 0.25) is 0 Å². The third-order valence-corrected chi connectivity index (χ3v) is 4.52. The van der Waals surface area contributed by atoms with Crippen LogP contribution in [0.15, 0.2) is 24.3 Å². The minimum absolute atomic E-state index is 0.109. The number of carbonyl (C=O) groups is 1. The number of nitrogens with two attached hydrogens (primary N) is 1. The summed E-state index contributed by atoms with van der Waals surface area (Å²) in [7, 11) is 0. The van der Waals surface area contributed by atoms with Crippen LogP contribution in [0.1, 0.15) is 19.7 Å². The Balaban J connectivity index is 1.93. The number of aromatic nitrogens is 2. The zero-order valence-corrected chi connectivity index (χ0v) is 12.5. The molecule has 2 aromatic rings. The average Bonchev–Trinajstić information content (AvgIpc) is 3.00. The smallest absolute Gasteiger partial charge is 0.150 e. The summed E-state index contributed by atoms with van der Waals surface area (Å²) in [6.07, 6.45) is 0.302. The van der Waals surface area contributed by atoms with Gasteiger partial charge in [-0.25, -0.2) is 4.98 Å². The van der Waals surface area contributed by atoms with Crippen LogP contribution in [0.3, 0.4) is 0 Å². The van der Waals surface area contributed by atoms with Crippen molar-refractivity contribution in [3.63, 3.8) is 0 Å². The van der Waals surface area contributed by atoms with Crippen molar-refractivity contribution in [1.82, 2.24) is 9.55 Å². The van der Waals surface area contributed by atoms with E-state index in [-0.39, 0.29) is 11.8 Å². The molecule has 1 aliphatic rings. The summed E-state index contributed by atoms with van der Waals surface area (Å²) in [4.78, 5) is 17.3. The maximum atomic E-state index is 12.7. The molecule has 112 valence electrons. The predicted molar refractivity (Wildman–Crippen MR) is 81.0 cm³/mol. The van der Waals surface area contributed by atoms with Crippen molar-refractivity contribution in [2.24, 2.45) is 11.1 Å². The van der Waals surface area contributed by atoms with Gasteiger partial charge in [-0.2, -0.15) is 0 Å². The number of benzene rings is 1. The molecule has 5 heteroatoms. The lowest BCUT2D eigenvalue weighted by Gasteiger charge is -2.25. The number of imidazole rings is 1. The van der Waals surface area contributed by atoms with E-state index in [1.165, 1.54) is 0 Å². The molecule has 0 bridgehead atoms. The van der Waals surface area contributed by atoms with E-state index in [2.05, 4.69) is 16.5 Å². The van der Waals surface area contributed by atoms with Crippen LogP contribution in [-0.4, -0.2) is 34.6 Å². The van der Waals surface area contributed by atoms with Crippen LogP contribution in [0.4, 0.5) is 0 Å². The third kappa shape index (κ3) is 2.26. The Labute approximate surface area is 124 Å². The molecule has 3 rings (SSSR count). The highest BCUT2D eigenvalue weighted by molar-refractivity contribution is 5.88. The van der Waals surface area contributed by atoms with Gasteiger partial charge in [0, 0.05) is 12.6 Å². The lowest BCUT2D eigenvalue weighted by atomic mass is 9.80. The molecule has 1 saturated heterocycles. The molecule has 2 atom stereocenters. The molecule has 0 radical (unpaired) electrons. The minimum Gasteiger partial charge on any atom is -0.379 e. The maximum Gasteiger partial charge on any atom is 0.150 e. The van der Waals surface area contributed by atoms with Gasteiger partial charge >= 0.3 is 0 Å². The molecule has 2 N–H and O–H groups in total. The molecule has 0 saturated carbocycles. The van der Waals surface area contributed by atoms with E-state index in [9.17, 15) is 4.79 Å². The van der Waals surface area contributed by atoms with Crippen LogP contribution >= 0.6 is 0 Å². The van der Waals surface area contributed by atoms with E-state index < -0.39 is 5.41 Å². The zero-order valence-electron chi connectivity index (χ0n) is 12.5. The largest absolute Gasteiger partial charge is 0.379 e. The molecule has 1 aromatic heterocycles. The number of rotatable bonds is 4. The molecule has 0 spiro atoms. The lowest BCUT2D eigenvalue weighted by Crippen LogP contribution is -2.45. The van der Waals surface area contributed by atoms with Crippen molar-refractivity contribution in [2.75, 3.05) is 13.2 Å². The van der Waals surface area contributed by atoms with Crippen LogP contribution in [0.25, 0.3) is 11.0 Å². The van der Waals surface area contributed by atoms with Gasteiger partial charge in [-0.1, -0.05) is 12.1 Å². The summed E-state index contributed by atoms with van der Waals surface area (Å²) in [5.74, 6) is 0.918. The average molecular weight is 287 g/mol. The highest BCUT2D eigenvalue weighted by atomic mass is 16.5. The number of ether oxygens (including phenoxy) is 1. The Morgan fingerprint density at radius 1 is 1.52 bits per heavy atom. The van der Waals surface area contributed by atoms with E-state index in [0.29, 0.717) is 19.6 Å². The Morgan fingerprint density at radius 2 is 2.29 bits per heavy atom. The minimum atomic E-state index is -0.600. The number of nitrogens with zero attached hydrogens (tertiary/aromatic N) is 2. The molecule has 0 aliphatic carbocycles. The number of hydrogen-bond donors (Lipinski definition) is 1. The molecule has 5 nitrogen and oxygen atoms in total. The standard InChI is InChI=1S/C16H21N3O2/c1-3-19-12-7-5-4-6-11(12)18-15(19)8-14(20)16(2)10-21-9-13(16)17/h4-7,13H,3,8-10,17H2,1-2H3. The van der Waals surface area contributed by atoms with E-state index in [4.69, 9.17) is 10.5 Å². The molecule has 2 unspecified atom stereocenters. The number of Topliss-reactive ketones (excluding diaryl/α,β-unsaturated/α-hetero) is 1. The fourth-order valence-corrected chi connectivity index (χ4v) is 2.93. The summed E-state index contributed by atoms with van der Waals surface area (Å²) in [5.41, 5.74) is 7.44. The topological polar surface area (TPSA) is 70.1 Å². The molecule has 2 heterocycles. The van der Waals surface area contributed by atoms with Crippen LogP contribution in [-0.2, 0) is 22.5 Å². The Morgan fingerprint density at radius 3 is 2.95 bits per heavy atom. The third-order valence-electron chi connectivity index (χ3n) is 4.52. The van der Waals surface area contributed by atoms with Gasteiger partial charge in [-0.15, -0.1) is 0 Å². The van der Waals surface area contributed by atoms with Crippen molar-refractivity contribution in [1.29, 1.82) is 0 Å². The van der Waals surface area contributed by atoms with Gasteiger partial charge in [0.2, 0.25) is 0 Å².